The van der Waals surface area contributed by atoms with Gasteiger partial charge in [0, 0.05) is 5.56 Å². The highest BCUT2D eigenvalue weighted by Gasteiger charge is 2.19. The summed E-state index contributed by atoms with van der Waals surface area (Å²) in [6.07, 6.45) is 1.16. The van der Waals surface area contributed by atoms with Gasteiger partial charge in [0.15, 0.2) is 8.68 Å². The van der Waals surface area contributed by atoms with Crippen molar-refractivity contribution < 1.29 is 12.8 Å². The Bertz CT molecular complexity index is 685. The van der Waals surface area contributed by atoms with Gasteiger partial charge in [-0.3, -0.25) is 4.72 Å². The van der Waals surface area contributed by atoms with Gasteiger partial charge in [0.2, 0.25) is 0 Å². The van der Waals surface area contributed by atoms with E-state index in [1.165, 1.54) is 25.1 Å². The number of hydrogen-bond donors (Lipinski definition) is 1. The first-order valence-corrected chi connectivity index (χ1v) is 7.47. The van der Waals surface area contributed by atoms with Crippen LogP contribution in [0.3, 0.4) is 0 Å². The summed E-state index contributed by atoms with van der Waals surface area (Å²) in [5.74, 6) is -0.475. The molecule has 0 bridgehead atoms. The van der Waals surface area contributed by atoms with Crippen molar-refractivity contribution >= 4 is 38.6 Å². The molecule has 0 aliphatic heterocycles. The van der Waals surface area contributed by atoms with E-state index < -0.39 is 15.8 Å². The van der Waals surface area contributed by atoms with Crippen LogP contribution in [0.5, 0.6) is 0 Å². The van der Waals surface area contributed by atoms with Gasteiger partial charge in [-0.05, 0) is 19.1 Å². The number of thiazole rings is 1. The summed E-state index contributed by atoms with van der Waals surface area (Å²) in [5, 5.41) is 0. The Labute approximate surface area is 112 Å². The molecule has 2 rings (SSSR count). The fraction of sp³-hybridized carbons (Fsp3) is 0.100. The minimum Gasteiger partial charge on any atom is -0.279 e. The van der Waals surface area contributed by atoms with Crippen LogP contribution in [-0.2, 0) is 10.0 Å². The Morgan fingerprint density at radius 3 is 2.78 bits per heavy atom. The molecule has 1 N–H and O–H groups in total. The molecule has 0 aliphatic carbocycles. The number of hydrogen-bond acceptors (Lipinski definition) is 4. The van der Waals surface area contributed by atoms with E-state index in [2.05, 4.69) is 9.71 Å². The Hall–Kier alpha value is -1.18. The van der Waals surface area contributed by atoms with Crippen molar-refractivity contribution in [3.63, 3.8) is 0 Å². The molecule has 8 heteroatoms. The Morgan fingerprint density at radius 2 is 2.17 bits per heavy atom. The number of nitrogens with one attached hydrogen (secondary N) is 1. The van der Waals surface area contributed by atoms with Crippen molar-refractivity contribution in [1.82, 2.24) is 4.98 Å². The summed E-state index contributed by atoms with van der Waals surface area (Å²) in [6.45, 7) is 1.49. The molecule has 18 heavy (non-hydrogen) atoms. The number of sulfonamides is 1. The van der Waals surface area contributed by atoms with E-state index in [1.807, 2.05) is 0 Å². The quantitative estimate of drug-likeness (QED) is 0.948. The van der Waals surface area contributed by atoms with Crippen LogP contribution in [0.2, 0.25) is 4.47 Å². The molecular weight excluding hydrogens is 299 g/mol. The van der Waals surface area contributed by atoms with Gasteiger partial charge in [-0.2, -0.15) is 0 Å². The Kier molecular flexibility index (Phi) is 3.56. The summed E-state index contributed by atoms with van der Waals surface area (Å²) in [6, 6.07) is 4.18. The molecule has 1 aromatic carbocycles. The maximum atomic E-state index is 13.3. The predicted octanol–water partition coefficient (Wildman–Crippen LogP) is 3.04. The van der Waals surface area contributed by atoms with Crippen molar-refractivity contribution in [3.8, 4) is 0 Å². The van der Waals surface area contributed by atoms with E-state index in [-0.39, 0.29) is 19.9 Å². The fourth-order valence-electron chi connectivity index (χ4n) is 1.28. The van der Waals surface area contributed by atoms with Crippen molar-refractivity contribution in [1.29, 1.82) is 0 Å². The number of anilines is 1. The van der Waals surface area contributed by atoms with E-state index in [0.717, 1.165) is 17.5 Å². The van der Waals surface area contributed by atoms with Gasteiger partial charge < -0.3 is 0 Å². The zero-order valence-corrected chi connectivity index (χ0v) is 11.5. The van der Waals surface area contributed by atoms with Crippen LogP contribution >= 0.6 is 22.9 Å². The molecular formula is C10H8ClFN2O2S2. The zero-order chi connectivity index (χ0) is 13.3. The molecule has 0 saturated heterocycles. The first kappa shape index (κ1) is 13.3. The van der Waals surface area contributed by atoms with Gasteiger partial charge in [0.05, 0.1) is 11.9 Å². The van der Waals surface area contributed by atoms with E-state index in [9.17, 15) is 12.8 Å². The molecule has 0 amide bonds. The molecule has 4 nitrogen and oxygen atoms in total. The summed E-state index contributed by atoms with van der Waals surface area (Å²) in [4.78, 5) is 3.66. The van der Waals surface area contributed by atoms with Crippen LogP contribution in [0.4, 0.5) is 10.1 Å². The number of aromatic nitrogens is 1. The summed E-state index contributed by atoms with van der Waals surface area (Å²) in [5.41, 5.74) is 0.427. The number of rotatable bonds is 3. The lowest BCUT2D eigenvalue weighted by atomic mass is 10.2. The molecule has 0 atom stereocenters. The largest absolute Gasteiger partial charge is 0.279 e. The van der Waals surface area contributed by atoms with Gasteiger partial charge in [0.25, 0.3) is 10.0 Å². The first-order valence-electron chi connectivity index (χ1n) is 4.79. The zero-order valence-electron chi connectivity index (χ0n) is 9.15. The molecule has 96 valence electrons. The van der Waals surface area contributed by atoms with Crippen LogP contribution in [0.25, 0.3) is 0 Å². The van der Waals surface area contributed by atoms with Crippen molar-refractivity contribution in [3.05, 3.63) is 40.2 Å². The summed E-state index contributed by atoms with van der Waals surface area (Å²) >= 11 is 6.42. The van der Waals surface area contributed by atoms with E-state index in [0.29, 0.717) is 0 Å². The van der Waals surface area contributed by atoms with Crippen LogP contribution < -0.4 is 4.72 Å². The average Bonchev–Trinajstić information content (AvgIpc) is 2.72. The standard InChI is InChI=1S/C10H8ClFN2O2S2/c1-6-7(12)3-2-4-8(6)14-18(15,16)9-5-13-10(11)17-9/h2-5,14H,1H3. The van der Waals surface area contributed by atoms with Crippen molar-refractivity contribution in [2.45, 2.75) is 11.1 Å². The van der Waals surface area contributed by atoms with Crippen LogP contribution in [0.15, 0.2) is 28.6 Å². The lowest BCUT2D eigenvalue weighted by Crippen LogP contribution is -2.12. The Balaban J connectivity index is 2.37. The number of halogens is 2. The lowest BCUT2D eigenvalue weighted by molar-refractivity contribution is 0.602. The maximum Gasteiger partial charge on any atom is 0.273 e. The highest BCUT2D eigenvalue weighted by Crippen LogP contribution is 2.26. The molecule has 2 aromatic rings. The molecule has 0 spiro atoms. The van der Waals surface area contributed by atoms with Crippen LogP contribution in [-0.4, -0.2) is 13.4 Å². The highest BCUT2D eigenvalue weighted by molar-refractivity contribution is 7.94. The third-order valence-electron chi connectivity index (χ3n) is 2.23. The minimum absolute atomic E-state index is 0.0174. The second-order valence-electron chi connectivity index (χ2n) is 3.45. The predicted molar refractivity (Wildman–Crippen MR) is 69.1 cm³/mol. The van der Waals surface area contributed by atoms with Gasteiger partial charge in [0.1, 0.15) is 5.82 Å². The van der Waals surface area contributed by atoms with E-state index in [4.69, 9.17) is 11.6 Å². The smallest absolute Gasteiger partial charge is 0.273 e. The van der Waals surface area contributed by atoms with Crippen molar-refractivity contribution in [2.75, 3.05) is 4.72 Å². The summed E-state index contributed by atoms with van der Waals surface area (Å²) in [7, 11) is -3.78. The molecule has 0 saturated carbocycles. The third kappa shape index (κ3) is 2.63. The number of benzene rings is 1. The second kappa shape index (κ2) is 4.83. The molecule has 0 unspecified atom stereocenters. The molecule has 0 aliphatic rings. The van der Waals surface area contributed by atoms with Gasteiger partial charge in [-0.15, -0.1) is 0 Å². The number of nitrogens with zero attached hydrogens (tertiary/aromatic N) is 1. The first-order chi connectivity index (χ1) is 8.40. The van der Waals surface area contributed by atoms with Gasteiger partial charge in [-0.1, -0.05) is 29.0 Å². The Morgan fingerprint density at radius 1 is 1.44 bits per heavy atom. The molecule has 0 fully saturated rings. The molecule has 0 radical (unpaired) electrons. The van der Waals surface area contributed by atoms with E-state index in [1.54, 1.807) is 0 Å². The highest BCUT2D eigenvalue weighted by atomic mass is 35.5. The maximum absolute atomic E-state index is 13.3. The molecule has 1 heterocycles. The van der Waals surface area contributed by atoms with Crippen LogP contribution in [0.1, 0.15) is 5.56 Å². The van der Waals surface area contributed by atoms with Crippen LogP contribution in [0, 0.1) is 12.7 Å². The second-order valence-corrected chi connectivity index (χ2v) is 6.97. The topological polar surface area (TPSA) is 59.1 Å². The lowest BCUT2D eigenvalue weighted by Gasteiger charge is -2.09. The van der Waals surface area contributed by atoms with Crippen molar-refractivity contribution in [2.24, 2.45) is 0 Å². The summed E-state index contributed by atoms with van der Waals surface area (Å²) < 4.78 is 39.6. The third-order valence-corrected chi connectivity index (χ3v) is 5.17. The fourth-order valence-corrected chi connectivity index (χ4v) is 3.69. The van der Waals surface area contributed by atoms with Gasteiger partial charge in [-0.25, -0.2) is 17.8 Å². The SMILES string of the molecule is Cc1c(F)cccc1NS(=O)(=O)c1cnc(Cl)s1. The average molecular weight is 307 g/mol. The molecule has 1 aromatic heterocycles. The monoisotopic (exact) mass is 306 g/mol. The van der Waals surface area contributed by atoms with E-state index >= 15 is 0 Å². The van der Waals surface area contributed by atoms with Gasteiger partial charge >= 0.3 is 0 Å². The minimum atomic E-state index is -3.78. The normalized spacial score (nSPS) is 11.5.